The van der Waals surface area contributed by atoms with E-state index in [4.69, 9.17) is 9.31 Å². The average molecular weight is 345 g/mol. The third-order valence-corrected chi connectivity index (χ3v) is 4.67. The summed E-state index contributed by atoms with van der Waals surface area (Å²) in [6.45, 7) is 8.06. The summed E-state index contributed by atoms with van der Waals surface area (Å²) in [5, 5.41) is 6.75. The molecule has 0 saturated carbocycles. The summed E-state index contributed by atoms with van der Waals surface area (Å²) in [7, 11) is -0.574. The predicted molar refractivity (Wildman–Crippen MR) is 92.0 cm³/mol. The van der Waals surface area contributed by atoms with Crippen molar-refractivity contribution in [2.24, 2.45) is 0 Å². The molecule has 0 atom stereocenters. The van der Waals surface area contributed by atoms with Crippen LogP contribution in [0, 0.1) is 5.82 Å². The van der Waals surface area contributed by atoms with Gasteiger partial charge in [0.1, 0.15) is 5.82 Å². The second-order valence-electron chi connectivity index (χ2n) is 7.10. The maximum absolute atomic E-state index is 13.2. The molecule has 1 saturated heterocycles. The molecule has 2 heterocycles. The molecular formula is C17H21BFN3O3. The van der Waals surface area contributed by atoms with Crippen LogP contribution in [0.2, 0.25) is 0 Å². The van der Waals surface area contributed by atoms with Gasteiger partial charge in [-0.1, -0.05) is 12.1 Å². The van der Waals surface area contributed by atoms with E-state index in [0.29, 0.717) is 11.0 Å². The first-order valence-corrected chi connectivity index (χ1v) is 8.11. The zero-order valence-corrected chi connectivity index (χ0v) is 14.7. The maximum atomic E-state index is 13.2. The predicted octanol–water partition coefficient (Wildman–Crippen LogP) is 2.08. The number of halogens is 1. The first kappa shape index (κ1) is 17.6. The lowest BCUT2D eigenvalue weighted by Crippen LogP contribution is -2.41. The maximum Gasteiger partial charge on any atom is 0.498 e. The molecule has 0 radical (unpaired) electrons. The number of aromatic nitrogens is 2. The Morgan fingerprint density at radius 3 is 2.60 bits per heavy atom. The molecule has 0 aliphatic carbocycles. The molecule has 3 rings (SSSR count). The van der Waals surface area contributed by atoms with E-state index in [2.05, 4.69) is 10.4 Å². The number of carbonyl (C=O) groups is 1. The van der Waals surface area contributed by atoms with Crippen LogP contribution in [-0.4, -0.2) is 34.1 Å². The van der Waals surface area contributed by atoms with Crippen LogP contribution in [0.4, 0.5) is 9.18 Å². The number of nitrogens with zero attached hydrogens (tertiary/aromatic N) is 2. The van der Waals surface area contributed by atoms with Crippen LogP contribution in [0.1, 0.15) is 33.3 Å². The lowest BCUT2D eigenvalue weighted by Gasteiger charge is -2.32. The molecule has 2 aromatic rings. The van der Waals surface area contributed by atoms with Crippen LogP contribution in [0.3, 0.4) is 0 Å². The van der Waals surface area contributed by atoms with Crippen molar-refractivity contribution >= 4 is 18.6 Å². The van der Waals surface area contributed by atoms with Crippen LogP contribution in [0.25, 0.3) is 0 Å². The normalized spacial score (nSPS) is 18.4. The largest absolute Gasteiger partial charge is 0.498 e. The smallest absolute Gasteiger partial charge is 0.399 e. The van der Waals surface area contributed by atoms with Crippen molar-refractivity contribution in [3.8, 4) is 0 Å². The molecule has 8 heteroatoms. The molecule has 0 bridgehead atoms. The lowest BCUT2D eigenvalue weighted by molar-refractivity contribution is 0.00578. The summed E-state index contributed by atoms with van der Waals surface area (Å²) in [5.74, 6) is -0.339. The highest BCUT2D eigenvalue weighted by Gasteiger charge is 2.52. The molecule has 0 spiro atoms. The Morgan fingerprint density at radius 1 is 1.28 bits per heavy atom. The third kappa shape index (κ3) is 3.59. The molecule has 1 aliphatic heterocycles. The molecule has 1 aromatic carbocycles. The first-order valence-electron chi connectivity index (χ1n) is 8.11. The number of hydrogen-bond donors (Lipinski definition) is 1. The fraction of sp³-hybridized carbons (Fsp3) is 0.412. The molecule has 25 heavy (non-hydrogen) atoms. The Hall–Kier alpha value is -2.19. The summed E-state index contributed by atoms with van der Waals surface area (Å²) >= 11 is 0. The minimum absolute atomic E-state index is 0.211. The monoisotopic (exact) mass is 345 g/mol. The Balaban J connectivity index is 1.64. The second kappa shape index (κ2) is 6.27. The fourth-order valence-electron chi connectivity index (χ4n) is 2.45. The standard InChI is InChI=1S/C17H21BFN3O3/c1-16(2)17(3,4)25-18(24-16)13-10-21-22(11-13)15(23)20-9-12-6-5-7-14(19)8-12/h5-8,10-11H,9H2,1-4H3,(H,20,23). The van der Waals surface area contributed by atoms with Gasteiger partial charge in [-0.2, -0.15) is 9.78 Å². The van der Waals surface area contributed by atoms with E-state index in [1.807, 2.05) is 27.7 Å². The Kier molecular flexibility index (Phi) is 4.42. The number of hydrogen-bond acceptors (Lipinski definition) is 4. The quantitative estimate of drug-likeness (QED) is 0.865. The van der Waals surface area contributed by atoms with Crippen molar-refractivity contribution in [1.82, 2.24) is 15.1 Å². The molecule has 1 fully saturated rings. The van der Waals surface area contributed by atoms with Crippen LogP contribution < -0.4 is 10.8 Å². The van der Waals surface area contributed by atoms with Gasteiger partial charge in [0, 0.05) is 24.4 Å². The highest BCUT2D eigenvalue weighted by atomic mass is 19.1. The third-order valence-electron chi connectivity index (χ3n) is 4.67. The van der Waals surface area contributed by atoms with Crippen LogP contribution in [-0.2, 0) is 15.9 Å². The molecule has 1 aliphatic rings. The molecule has 1 amide bonds. The number of rotatable bonds is 3. The molecule has 1 aromatic heterocycles. The molecule has 1 N–H and O–H groups in total. The van der Waals surface area contributed by atoms with Gasteiger partial charge < -0.3 is 14.6 Å². The number of amides is 1. The summed E-state index contributed by atoms with van der Waals surface area (Å²) in [4.78, 5) is 12.2. The second-order valence-corrected chi connectivity index (χ2v) is 7.10. The fourth-order valence-corrected chi connectivity index (χ4v) is 2.45. The molecule has 6 nitrogen and oxygen atoms in total. The van der Waals surface area contributed by atoms with Gasteiger partial charge in [0.2, 0.25) is 0 Å². The van der Waals surface area contributed by atoms with Crippen LogP contribution in [0.15, 0.2) is 36.7 Å². The van der Waals surface area contributed by atoms with E-state index in [-0.39, 0.29) is 12.4 Å². The van der Waals surface area contributed by atoms with Crippen molar-refractivity contribution in [3.05, 3.63) is 48.0 Å². The van der Waals surface area contributed by atoms with Crippen molar-refractivity contribution in [3.63, 3.8) is 0 Å². The lowest BCUT2D eigenvalue weighted by atomic mass is 9.82. The summed E-state index contributed by atoms with van der Waals surface area (Å²) in [5.41, 5.74) is 0.421. The van der Waals surface area contributed by atoms with Gasteiger partial charge in [-0.15, -0.1) is 0 Å². The van der Waals surface area contributed by atoms with Gasteiger partial charge in [0.15, 0.2) is 0 Å². The first-order chi connectivity index (χ1) is 11.7. The van der Waals surface area contributed by atoms with Gasteiger partial charge in [0.25, 0.3) is 0 Å². The van der Waals surface area contributed by atoms with Gasteiger partial charge in [-0.3, -0.25) is 0 Å². The SMILES string of the molecule is CC1(C)OB(c2cnn(C(=O)NCc3cccc(F)c3)c2)OC1(C)C. The van der Waals surface area contributed by atoms with E-state index < -0.39 is 24.4 Å². The number of carbonyl (C=O) groups excluding carboxylic acids is 1. The average Bonchev–Trinajstić information content (AvgIpc) is 3.08. The summed E-state index contributed by atoms with van der Waals surface area (Å²) < 4.78 is 26.2. The van der Waals surface area contributed by atoms with Crippen LogP contribution >= 0.6 is 0 Å². The van der Waals surface area contributed by atoms with Gasteiger partial charge in [-0.05, 0) is 45.4 Å². The van der Waals surface area contributed by atoms with Crippen molar-refractivity contribution in [2.45, 2.75) is 45.4 Å². The Bertz CT molecular complexity index is 775. The highest BCUT2D eigenvalue weighted by molar-refractivity contribution is 6.62. The summed E-state index contributed by atoms with van der Waals surface area (Å²) in [6, 6.07) is 5.66. The van der Waals surface area contributed by atoms with E-state index >= 15 is 0 Å². The van der Waals surface area contributed by atoms with E-state index in [1.165, 1.54) is 16.8 Å². The zero-order valence-electron chi connectivity index (χ0n) is 14.7. The van der Waals surface area contributed by atoms with Crippen LogP contribution in [0.5, 0.6) is 0 Å². The molecule has 0 unspecified atom stereocenters. The van der Waals surface area contributed by atoms with Crippen molar-refractivity contribution in [1.29, 1.82) is 0 Å². The van der Waals surface area contributed by atoms with E-state index in [0.717, 1.165) is 0 Å². The van der Waals surface area contributed by atoms with Gasteiger partial charge in [-0.25, -0.2) is 9.18 Å². The van der Waals surface area contributed by atoms with Gasteiger partial charge >= 0.3 is 13.1 Å². The highest BCUT2D eigenvalue weighted by Crippen LogP contribution is 2.36. The Morgan fingerprint density at radius 2 is 1.96 bits per heavy atom. The van der Waals surface area contributed by atoms with Gasteiger partial charge in [0.05, 0.1) is 11.2 Å². The molecule has 132 valence electrons. The number of nitrogens with one attached hydrogen (secondary N) is 1. The van der Waals surface area contributed by atoms with Crippen molar-refractivity contribution < 1.29 is 18.5 Å². The minimum atomic E-state index is -0.574. The van der Waals surface area contributed by atoms with Crippen molar-refractivity contribution in [2.75, 3.05) is 0 Å². The van der Waals surface area contributed by atoms with E-state index in [1.54, 1.807) is 24.5 Å². The molecular weight excluding hydrogens is 324 g/mol. The minimum Gasteiger partial charge on any atom is -0.399 e. The number of benzene rings is 1. The summed E-state index contributed by atoms with van der Waals surface area (Å²) in [6.07, 6.45) is 3.12. The zero-order chi connectivity index (χ0) is 18.2. The topological polar surface area (TPSA) is 65.4 Å². The van der Waals surface area contributed by atoms with E-state index in [9.17, 15) is 9.18 Å². The Labute approximate surface area is 146 Å².